The van der Waals surface area contributed by atoms with Gasteiger partial charge in [0.05, 0.1) is 11.2 Å². The third-order valence-corrected chi connectivity index (χ3v) is 7.50. The third-order valence-electron chi connectivity index (χ3n) is 7.50. The summed E-state index contributed by atoms with van der Waals surface area (Å²) in [7, 11) is 0. The molecule has 190 valence electrons. The highest BCUT2D eigenvalue weighted by molar-refractivity contribution is 5.97. The number of piperidine rings is 1. The number of fused-ring (bicyclic) bond motifs is 2. The highest BCUT2D eigenvalue weighted by atomic mass is 16.2. The third kappa shape index (κ3) is 5.04. The van der Waals surface area contributed by atoms with Crippen LogP contribution in [0.1, 0.15) is 52.0 Å². The van der Waals surface area contributed by atoms with Crippen molar-refractivity contribution in [2.45, 2.75) is 52.1 Å². The number of hydrogen-bond acceptors (Lipinski definition) is 7. The molecule has 2 aliphatic rings. The number of aromatic amines is 1. The lowest BCUT2D eigenvalue weighted by atomic mass is 10.0. The van der Waals surface area contributed by atoms with E-state index in [-0.39, 0.29) is 5.91 Å². The van der Waals surface area contributed by atoms with Crippen LogP contribution in [0.25, 0.3) is 11.0 Å². The molecule has 2 aromatic heterocycles. The van der Waals surface area contributed by atoms with E-state index in [0.717, 1.165) is 74.3 Å². The van der Waals surface area contributed by atoms with E-state index in [4.69, 9.17) is 4.98 Å². The molecule has 1 saturated heterocycles. The number of H-pyrrole nitrogens is 1. The molecule has 0 radical (unpaired) electrons. The minimum atomic E-state index is 0.0772. The van der Waals surface area contributed by atoms with Gasteiger partial charge in [0.15, 0.2) is 0 Å². The van der Waals surface area contributed by atoms with Gasteiger partial charge in [-0.1, -0.05) is 11.3 Å². The van der Waals surface area contributed by atoms with E-state index < -0.39 is 0 Å². The molecule has 4 aromatic rings. The zero-order valence-corrected chi connectivity index (χ0v) is 21.4. The molecule has 2 aliphatic heterocycles. The van der Waals surface area contributed by atoms with Crippen molar-refractivity contribution >= 4 is 28.6 Å². The van der Waals surface area contributed by atoms with E-state index >= 15 is 0 Å². The molecule has 9 nitrogen and oxygen atoms in total. The fraction of sp³-hybridized carbons (Fsp3) is 0.393. The van der Waals surface area contributed by atoms with Gasteiger partial charge in [0.1, 0.15) is 5.52 Å². The minimum absolute atomic E-state index is 0.0772. The Bertz CT molecular complexity index is 1420. The Hall–Kier alpha value is -3.85. The Labute approximate surface area is 216 Å². The predicted octanol–water partition coefficient (Wildman–Crippen LogP) is 4.16. The van der Waals surface area contributed by atoms with Crippen LogP contribution in [-0.2, 0) is 13.0 Å². The molecule has 6 rings (SSSR count). The number of rotatable bonds is 4. The van der Waals surface area contributed by atoms with Crippen LogP contribution in [0, 0.1) is 13.8 Å². The van der Waals surface area contributed by atoms with E-state index in [1.165, 1.54) is 16.7 Å². The molecule has 0 saturated carbocycles. The highest BCUT2D eigenvalue weighted by Gasteiger charge is 2.29. The second-order valence-corrected chi connectivity index (χ2v) is 10.3. The fourth-order valence-electron chi connectivity index (χ4n) is 5.68. The van der Waals surface area contributed by atoms with Gasteiger partial charge in [-0.3, -0.25) is 14.8 Å². The number of likely N-dealkylation sites (tertiary alicyclic amines) is 1. The van der Waals surface area contributed by atoms with Crippen molar-refractivity contribution < 1.29 is 4.79 Å². The summed E-state index contributed by atoms with van der Waals surface area (Å²) in [6.07, 6.45) is 5.97. The van der Waals surface area contributed by atoms with Gasteiger partial charge in [0.2, 0.25) is 5.95 Å². The number of benzene rings is 2. The van der Waals surface area contributed by atoms with Crippen LogP contribution in [0.15, 0.2) is 42.6 Å². The first kappa shape index (κ1) is 23.5. The van der Waals surface area contributed by atoms with Gasteiger partial charge in [0.25, 0.3) is 5.91 Å². The van der Waals surface area contributed by atoms with Crippen molar-refractivity contribution in [3.63, 3.8) is 0 Å². The number of hydrogen-bond donors (Lipinski definition) is 2. The molecule has 9 heteroatoms. The molecule has 1 fully saturated rings. The maximum atomic E-state index is 13.1. The van der Waals surface area contributed by atoms with E-state index in [1.54, 1.807) is 0 Å². The lowest BCUT2D eigenvalue weighted by molar-refractivity contribution is 0.0609. The zero-order valence-electron chi connectivity index (χ0n) is 21.4. The van der Waals surface area contributed by atoms with Crippen molar-refractivity contribution in [1.29, 1.82) is 0 Å². The summed E-state index contributed by atoms with van der Waals surface area (Å²) < 4.78 is 0. The van der Waals surface area contributed by atoms with Crippen LogP contribution < -0.4 is 5.32 Å². The summed E-state index contributed by atoms with van der Waals surface area (Å²) in [6, 6.07) is 12.4. The molecule has 2 aromatic carbocycles. The minimum Gasteiger partial charge on any atom is -0.339 e. The summed E-state index contributed by atoms with van der Waals surface area (Å²) in [5, 5.41) is 14.0. The summed E-state index contributed by atoms with van der Waals surface area (Å²) >= 11 is 0. The Kier molecular flexibility index (Phi) is 6.30. The molecule has 0 bridgehead atoms. The van der Waals surface area contributed by atoms with Crippen LogP contribution in [0.2, 0.25) is 0 Å². The SMILES string of the molecule is Cc1cc(C)cc(Nc2ncc3c(n2)CCCN(C2CCN(C(=O)c4ccc5nn[nH]c5c4)CC2)C3)c1. The van der Waals surface area contributed by atoms with Gasteiger partial charge < -0.3 is 10.2 Å². The summed E-state index contributed by atoms with van der Waals surface area (Å²) in [4.78, 5) is 27.2. The smallest absolute Gasteiger partial charge is 0.253 e. The van der Waals surface area contributed by atoms with Gasteiger partial charge in [-0.15, -0.1) is 5.10 Å². The second kappa shape index (κ2) is 9.89. The lowest BCUT2D eigenvalue weighted by Gasteiger charge is -2.38. The first-order chi connectivity index (χ1) is 18.0. The Balaban J connectivity index is 1.09. The number of aryl methyl sites for hydroxylation is 3. The summed E-state index contributed by atoms with van der Waals surface area (Å²) in [5.41, 5.74) is 8.06. The van der Waals surface area contributed by atoms with Crippen molar-refractivity contribution in [3.05, 3.63) is 70.5 Å². The van der Waals surface area contributed by atoms with Gasteiger partial charge >= 0.3 is 0 Å². The number of nitrogens with one attached hydrogen (secondary N) is 2. The van der Waals surface area contributed by atoms with Crippen LogP contribution in [-0.4, -0.2) is 66.8 Å². The van der Waals surface area contributed by atoms with Gasteiger partial charge in [0, 0.05) is 48.7 Å². The second-order valence-electron chi connectivity index (χ2n) is 10.3. The molecule has 37 heavy (non-hydrogen) atoms. The zero-order chi connectivity index (χ0) is 25.4. The topological polar surface area (TPSA) is 103 Å². The average Bonchev–Trinajstić information content (AvgIpc) is 3.26. The van der Waals surface area contributed by atoms with Crippen LogP contribution in [0.4, 0.5) is 11.6 Å². The fourth-order valence-corrected chi connectivity index (χ4v) is 5.68. The average molecular weight is 497 g/mol. The first-order valence-electron chi connectivity index (χ1n) is 13.1. The molecule has 2 N–H and O–H groups in total. The highest BCUT2D eigenvalue weighted by Crippen LogP contribution is 2.26. The molecule has 1 amide bonds. The monoisotopic (exact) mass is 496 g/mol. The van der Waals surface area contributed by atoms with Crippen molar-refractivity contribution in [3.8, 4) is 0 Å². The van der Waals surface area contributed by atoms with Crippen molar-refractivity contribution in [1.82, 2.24) is 35.2 Å². The number of aromatic nitrogens is 5. The van der Waals surface area contributed by atoms with E-state index in [1.807, 2.05) is 29.3 Å². The molecule has 0 spiro atoms. The van der Waals surface area contributed by atoms with Crippen molar-refractivity contribution in [2.24, 2.45) is 0 Å². The standard InChI is InChI=1S/C28H32N8O/c1-18-12-19(2)14-22(13-18)30-28-29-16-21-17-36(9-3-4-24(21)31-28)23-7-10-35(11-8-23)27(37)20-5-6-25-26(15-20)33-34-32-25/h5-6,12-16,23H,3-4,7-11,17H2,1-2H3,(H,29,30,31)(H,32,33,34). The number of amides is 1. The first-order valence-corrected chi connectivity index (χ1v) is 13.1. The molecule has 0 atom stereocenters. The quantitative estimate of drug-likeness (QED) is 0.437. The van der Waals surface area contributed by atoms with Crippen LogP contribution in [0.3, 0.4) is 0 Å². The molecule has 0 unspecified atom stereocenters. The lowest BCUT2D eigenvalue weighted by Crippen LogP contribution is -2.46. The number of carbonyl (C=O) groups excluding carboxylic acids is 1. The normalized spacial score (nSPS) is 17.0. The van der Waals surface area contributed by atoms with Gasteiger partial charge in [-0.25, -0.2) is 9.97 Å². The van der Waals surface area contributed by atoms with Gasteiger partial charge in [-0.2, -0.15) is 0 Å². The van der Waals surface area contributed by atoms with E-state index in [9.17, 15) is 4.79 Å². The van der Waals surface area contributed by atoms with Crippen LogP contribution in [0.5, 0.6) is 0 Å². The van der Waals surface area contributed by atoms with E-state index in [2.05, 4.69) is 62.7 Å². The number of anilines is 2. The summed E-state index contributed by atoms with van der Waals surface area (Å²) in [5.74, 6) is 0.738. The largest absolute Gasteiger partial charge is 0.339 e. The maximum absolute atomic E-state index is 13.1. The Morgan fingerprint density at radius 1 is 1.05 bits per heavy atom. The Morgan fingerprint density at radius 2 is 1.86 bits per heavy atom. The molecular formula is C28H32N8O. The van der Waals surface area contributed by atoms with E-state index in [0.29, 0.717) is 17.6 Å². The number of nitrogens with zero attached hydrogens (tertiary/aromatic N) is 6. The Morgan fingerprint density at radius 3 is 2.68 bits per heavy atom. The summed E-state index contributed by atoms with van der Waals surface area (Å²) in [6.45, 7) is 7.63. The maximum Gasteiger partial charge on any atom is 0.253 e. The number of carbonyl (C=O) groups is 1. The molecule has 0 aliphatic carbocycles. The predicted molar refractivity (Wildman–Crippen MR) is 143 cm³/mol. The molecule has 4 heterocycles. The van der Waals surface area contributed by atoms with Crippen molar-refractivity contribution in [2.75, 3.05) is 25.0 Å². The molecular weight excluding hydrogens is 464 g/mol. The van der Waals surface area contributed by atoms with Crippen LogP contribution >= 0.6 is 0 Å². The van der Waals surface area contributed by atoms with Gasteiger partial charge in [-0.05, 0) is 87.5 Å².